The van der Waals surface area contributed by atoms with Gasteiger partial charge in [-0.15, -0.1) is 11.8 Å². The highest BCUT2D eigenvalue weighted by molar-refractivity contribution is 7.99. The standard InChI is InChI=1S/C24H18ClNO2S/c1-13-9-14(2)23-18(10-13)24-16(6-8-27-23)22-17-11-15(25)3-4-21(17)29-12-19(22)20(28-24)5-7-26/h3-5,9-11H,6,8,12H2,1-2H3/b20-5-. The first-order chi connectivity index (χ1) is 14.1. The molecule has 3 nitrogen and oxygen atoms in total. The quantitative estimate of drug-likeness (QED) is 0.460. The number of ether oxygens (including phenoxy) is 2. The number of thioether (sulfide) groups is 1. The van der Waals surface area contributed by atoms with Gasteiger partial charge < -0.3 is 9.47 Å². The SMILES string of the molecule is Cc1cc(C)c2c(c1)C1=C(CCO2)C2=C(CSc3ccc(Cl)cc32)/C(=C/C#N)O1. The number of nitriles is 1. The number of hydrogen-bond donors (Lipinski definition) is 0. The number of hydrogen-bond acceptors (Lipinski definition) is 4. The van der Waals surface area contributed by atoms with E-state index in [-0.39, 0.29) is 0 Å². The predicted octanol–water partition coefficient (Wildman–Crippen LogP) is 6.45. The van der Waals surface area contributed by atoms with Crippen LogP contribution in [0.5, 0.6) is 5.75 Å². The number of benzene rings is 2. The first-order valence-corrected chi connectivity index (χ1v) is 10.8. The highest BCUT2D eigenvalue weighted by atomic mass is 35.5. The molecule has 3 aliphatic rings. The average molecular weight is 420 g/mol. The van der Waals surface area contributed by atoms with Gasteiger partial charge in [0.15, 0.2) is 0 Å². The molecular formula is C24H18ClNO2S. The second-order valence-corrected chi connectivity index (χ2v) is 8.84. The minimum atomic E-state index is 0.580. The van der Waals surface area contributed by atoms with Gasteiger partial charge in [0.1, 0.15) is 17.3 Å². The molecule has 144 valence electrons. The summed E-state index contributed by atoms with van der Waals surface area (Å²) in [4.78, 5) is 1.20. The van der Waals surface area contributed by atoms with Crippen LogP contribution in [0.15, 0.2) is 58.2 Å². The number of fused-ring (bicyclic) bond motifs is 5. The molecule has 0 spiro atoms. The van der Waals surface area contributed by atoms with Gasteiger partial charge in [0.25, 0.3) is 0 Å². The van der Waals surface area contributed by atoms with Crippen molar-refractivity contribution in [1.29, 1.82) is 5.26 Å². The zero-order valence-electron chi connectivity index (χ0n) is 16.1. The van der Waals surface area contributed by atoms with Gasteiger partial charge in [-0.05, 0) is 60.4 Å². The minimum absolute atomic E-state index is 0.580. The molecule has 0 aromatic heterocycles. The molecule has 0 N–H and O–H groups in total. The summed E-state index contributed by atoms with van der Waals surface area (Å²) in [5, 5.41) is 10.1. The summed E-state index contributed by atoms with van der Waals surface area (Å²) in [6.45, 7) is 4.71. The van der Waals surface area contributed by atoms with Gasteiger partial charge in [-0.3, -0.25) is 0 Å². The van der Waals surface area contributed by atoms with Crippen molar-refractivity contribution in [2.75, 3.05) is 12.4 Å². The summed E-state index contributed by atoms with van der Waals surface area (Å²) in [5.41, 5.74) is 7.62. The van der Waals surface area contributed by atoms with Crippen molar-refractivity contribution >= 4 is 34.7 Å². The van der Waals surface area contributed by atoms with Crippen LogP contribution < -0.4 is 4.74 Å². The van der Waals surface area contributed by atoms with Gasteiger partial charge >= 0.3 is 0 Å². The lowest BCUT2D eigenvalue weighted by molar-refractivity contribution is 0.322. The van der Waals surface area contributed by atoms with Crippen LogP contribution in [0.25, 0.3) is 11.3 Å². The third-order valence-electron chi connectivity index (χ3n) is 5.43. The number of aryl methyl sites for hydroxylation is 2. The molecule has 3 heterocycles. The second-order valence-electron chi connectivity index (χ2n) is 7.39. The van der Waals surface area contributed by atoms with E-state index in [9.17, 15) is 5.26 Å². The van der Waals surface area contributed by atoms with Crippen molar-refractivity contribution < 1.29 is 9.47 Å². The fourth-order valence-electron chi connectivity index (χ4n) is 4.29. The molecule has 5 heteroatoms. The number of rotatable bonds is 0. The number of allylic oxidation sites excluding steroid dienone is 3. The number of halogens is 1. The van der Waals surface area contributed by atoms with Crippen LogP contribution in [0.2, 0.25) is 5.02 Å². The predicted molar refractivity (Wildman–Crippen MR) is 117 cm³/mol. The number of nitrogens with zero attached hydrogens (tertiary/aromatic N) is 1. The Morgan fingerprint density at radius 1 is 1.14 bits per heavy atom. The summed E-state index contributed by atoms with van der Waals surface area (Å²) < 4.78 is 12.5. The molecular weight excluding hydrogens is 402 g/mol. The molecule has 5 rings (SSSR count). The summed E-state index contributed by atoms with van der Waals surface area (Å²) in [5.74, 6) is 3.03. The molecule has 3 aliphatic heterocycles. The van der Waals surface area contributed by atoms with E-state index in [1.54, 1.807) is 11.8 Å². The molecule has 0 radical (unpaired) electrons. The molecule has 0 fully saturated rings. The van der Waals surface area contributed by atoms with E-state index >= 15 is 0 Å². The van der Waals surface area contributed by atoms with E-state index < -0.39 is 0 Å². The van der Waals surface area contributed by atoms with E-state index in [0.717, 1.165) is 62.7 Å². The van der Waals surface area contributed by atoms with Gasteiger partial charge in [0.05, 0.1) is 24.3 Å². The van der Waals surface area contributed by atoms with Crippen molar-refractivity contribution in [3.8, 4) is 11.8 Å². The Labute approximate surface area is 179 Å². The van der Waals surface area contributed by atoms with Crippen LogP contribution in [0.4, 0.5) is 0 Å². The Morgan fingerprint density at radius 2 is 2.00 bits per heavy atom. The molecule has 0 aliphatic carbocycles. The first kappa shape index (κ1) is 18.4. The monoisotopic (exact) mass is 419 g/mol. The van der Waals surface area contributed by atoms with Gasteiger partial charge in [0.2, 0.25) is 0 Å². The molecule has 0 unspecified atom stereocenters. The second kappa shape index (κ2) is 7.02. The minimum Gasteiger partial charge on any atom is -0.492 e. The summed E-state index contributed by atoms with van der Waals surface area (Å²) >= 11 is 8.11. The Bertz CT molecular complexity index is 1200. The van der Waals surface area contributed by atoms with Crippen molar-refractivity contribution in [3.05, 3.63) is 80.6 Å². The fraction of sp³-hybridized carbons (Fsp3) is 0.208. The molecule has 0 saturated heterocycles. The van der Waals surface area contributed by atoms with E-state index in [1.165, 1.54) is 11.0 Å². The van der Waals surface area contributed by atoms with Crippen LogP contribution in [0.3, 0.4) is 0 Å². The maximum atomic E-state index is 9.39. The van der Waals surface area contributed by atoms with E-state index in [4.69, 9.17) is 21.1 Å². The fourth-order valence-corrected chi connectivity index (χ4v) is 5.53. The molecule has 2 aromatic carbocycles. The Morgan fingerprint density at radius 3 is 2.83 bits per heavy atom. The third kappa shape index (κ3) is 2.97. The Hall–Kier alpha value is -2.61. The Kier molecular flexibility index (Phi) is 4.46. The van der Waals surface area contributed by atoms with Crippen LogP contribution in [0, 0.1) is 25.2 Å². The zero-order chi connectivity index (χ0) is 20.1. The molecule has 2 aromatic rings. The van der Waals surface area contributed by atoms with Crippen molar-refractivity contribution in [3.63, 3.8) is 0 Å². The highest BCUT2D eigenvalue weighted by Gasteiger charge is 2.35. The van der Waals surface area contributed by atoms with E-state index in [2.05, 4.69) is 38.1 Å². The molecule has 29 heavy (non-hydrogen) atoms. The first-order valence-electron chi connectivity index (χ1n) is 9.48. The van der Waals surface area contributed by atoms with Crippen LogP contribution in [-0.4, -0.2) is 12.4 Å². The van der Waals surface area contributed by atoms with Crippen molar-refractivity contribution in [1.82, 2.24) is 0 Å². The molecule has 0 amide bonds. The van der Waals surface area contributed by atoms with Gasteiger partial charge in [-0.25, -0.2) is 0 Å². The largest absolute Gasteiger partial charge is 0.492 e. The normalized spacial score (nSPS) is 18.6. The average Bonchev–Trinajstić information content (AvgIpc) is 2.87. The zero-order valence-corrected chi connectivity index (χ0v) is 17.7. The lowest BCUT2D eigenvalue weighted by atomic mass is 9.86. The van der Waals surface area contributed by atoms with Crippen molar-refractivity contribution in [2.24, 2.45) is 0 Å². The van der Waals surface area contributed by atoms with Gasteiger partial charge in [-0.2, -0.15) is 5.26 Å². The van der Waals surface area contributed by atoms with Gasteiger partial charge in [-0.1, -0.05) is 17.7 Å². The summed E-state index contributed by atoms with van der Waals surface area (Å²) in [7, 11) is 0. The van der Waals surface area contributed by atoms with Gasteiger partial charge in [0, 0.05) is 33.2 Å². The lowest BCUT2D eigenvalue weighted by Gasteiger charge is -2.31. The molecule has 0 saturated carbocycles. The smallest absolute Gasteiger partial charge is 0.142 e. The van der Waals surface area contributed by atoms with Crippen LogP contribution in [-0.2, 0) is 4.74 Å². The topological polar surface area (TPSA) is 42.2 Å². The molecule has 0 bridgehead atoms. The van der Waals surface area contributed by atoms with Crippen LogP contribution in [0.1, 0.15) is 28.7 Å². The maximum absolute atomic E-state index is 9.39. The Balaban J connectivity index is 1.84. The summed E-state index contributed by atoms with van der Waals surface area (Å²) in [6.07, 6.45) is 2.24. The van der Waals surface area contributed by atoms with E-state index in [1.807, 2.05) is 12.1 Å². The maximum Gasteiger partial charge on any atom is 0.142 e. The highest BCUT2D eigenvalue weighted by Crippen LogP contribution is 2.52. The third-order valence-corrected chi connectivity index (χ3v) is 6.76. The lowest BCUT2D eigenvalue weighted by Crippen LogP contribution is -2.15. The summed E-state index contributed by atoms with van der Waals surface area (Å²) in [6, 6.07) is 12.4. The van der Waals surface area contributed by atoms with Crippen molar-refractivity contribution in [2.45, 2.75) is 25.2 Å². The van der Waals surface area contributed by atoms with E-state index in [0.29, 0.717) is 17.4 Å². The van der Waals surface area contributed by atoms with Crippen LogP contribution >= 0.6 is 23.4 Å². The molecule has 0 atom stereocenters.